The number of rotatable bonds is 10. The van der Waals surface area contributed by atoms with Gasteiger partial charge >= 0.3 is 0 Å². The van der Waals surface area contributed by atoms with E-state index in [1.54, 1.807) is 48.1 Å². The van der Waals surface area contributed by atoms with Crippen molar-refractivity contribution < 1.29 is 18.7 Å². The minimum atomic E-state index is -0.363. The third-order valence-electron chi connectivity index (χ3n) is 6.00. The van der Waals surface area contributed by atoms with E-state index < -0.39 is 0 Å². The van der Waals surface area contributed by atoms with Crippen LogP contribution in [0.3, 0.4) is 0 Å². The number of likely N-dealkylation sites (N-methyl/N-ethyl adjacent to an activating group) is 1. The third-order valence-corrected chi connectivity index (χ3v) is 6.00. The second-order valence-corrected chi connectivity index (χ2v) is 8.88. The largest absolute Gasteiger partial charge is 0.497 e. The van der Waals surface area contributed by atoms with E-state index in [-0.39, 0.29) is 11.7 Å². The zero-order chi connectivity index (χ0) is 26.4. The third kappa shape index (κ3) is 6.16. The Kier molecular flexibility index (Phi) is 8.20. The summed E-state index contributed by atoms with van der Waals surface area (Å²) in [6, 6.07) is 23.0. The molecule has 1 aromatic heterocycles. The zero-order valence-corrected chi connectivity index (χ0v) is 21.5. The molecule has 4 aromatic rings. The Morgan fingerprint density at radius 1 is 0.919 bits per heavy atom. The van der Waals surface area contributed by atoms with Crippen LogP contribution in [-0.4, -0.2) is 66.9 Å². The number of ether oxygens (including phenoxy) is 2. The molecule has 0 atom stereocenters. The molecule has 37 heavy (non-hydrogen) atoms. The highest BCUT2D eigenvalue weighted by Gasteiger charge is 2.24. The van der Waals surface area contributed by atoms with Crippen molar-refractivity contribution >= 4 is 5.91 Å². The molecule has 8 heteroatoms. The Balaban J connectivity index is 1.80. The molecule has 0 saturated heterocycles. The summed E-state index contributed by atoms with van der Waals surface area (Å²) < 4.78 is 26.2. The van der Waals surface area contributed by atoms with E-state index in [0.717, 1.165) is 5.56 Å². The van der Waals surface area contributed by atoms with Crippen LogP contribution in [0.2, 0.25) is 0 Å². The minimum absolute atomic E-state index is 0.179. The highest BCUT2D eigenvalue weighted by Crippen LogP contribution is 2.34. The number of carbonyl (C=O) groups is 1. The van der Waals surface area contributed by atoms with Gasteiger partial charge in [-0.3, -0.25) is 4.79 Å². The number of aromatic nitrogens is 2. The van der Waals surface area contributed by atoms with Gasteiger partial charge in [0.15, 0.2) is 0 Å². The number of halogens is 1. The molecule has 0 fully saturated rings. The first kappa shape index (κ1) is 25.9. The van der Waals surface area contributed by atoms with Crippen molar-refractivity contribution in [3.63, 3.8) is 0 Å². The van der Waals surface area contributed by atoms with Crippen molar-refractivity contribution in [3.05, 3.63) is 95.9 Å². The van der Waals surface area contributed by atoms with Gasteiger partial charge in [0.1, 0.15) is 23.0 Å². The molecule has 0 unspecified atom stereocenters. The highest BCUT2D eigenvalue weighted by atomic mass is 19.1. The van der Waals surface area contributed by atoms with Crippen LogP contribution in [-0.2, 0) is 6.54 Å². The smallest absolute Gasteiger partial charge is 0.272 e. The first-order chi connectivity index (χ1) is 17.9. The van der Waals surface area contributed by atoms with Crippen molar-refractivity contribution in [2.45, 2.75) is 6.54 Å². The maximum Gasteiger partial charge on any atom is 0.272 e. The number of carbonyl (C=O) groups excluding carboxylic acids is 1. The summed E-state index contributed by atoms with van der Waals surface area (Å²) in [5, 5.41) is 4.77. The second kappa shape index (κ2) is 11.7. The van der Waals surface area contributed by atoms with Gasteiger partial charge in [-0.25, -0.2) is 9.07 Å². The van der Waals surface area contributed by atoms with Crippen molar-refractivity contribution in [2.75, 3.05) is 41.4 Å². The molecule has 3 aromatic carbocycles. The van der Waals surface area contributed by atoms with E-state index >= 15 is 0 Å². The number of benzene rings is 3. The highest BCUT2D eigenvalue weighted by molar-refractivity contribution is 5.94. The molecule has 0 N–H and O–H groups in total. The lowest BCUT2D eigenvalue weighted by Gasteiger charge is -2.25. The van der Waals surface area contributed by atoms with Gasteiger partial charge in [0.2, 0.25) is 0 Å². The van der Waals surface area contributed by atoms with E-state index in [0.29, 0.717) is 53.8 Å². The van der Waals surface area contributed by atoms with Gasteiger partial charge in [0.05, 0.1) is 25.6 Å². The lowest BCUT2D eigenvalue weighted by Crippen LogP contribution is -2.37. The number of hydrogen-bond donors (Lipinski definition) is 0. The molecule has 7 nitrogen and oxygen atoms in total. The average Bonchev–Trinajstić information content (AvgIpc) is 3.36. The van der Waals surface area contributed by atoms with Crippen LogP contribution in [0.1, 0.15) is 16.1 Å². The van der Waals surface area contributed by atoms with E-state index in [1.807, 2.05) is 61.5 Å². The molecule has 0 saturated carbocycles. The molecular formula is C29H31FN4O3. The normalized spacial score (nSPS) is 11.0. The van der Waals surface area contributed by atoms with Crippen LogP contribution in [0.5, 0.6) is 11.5 Å². The fourth-order valence-electron chi connectivity index (χ4n) is 3.99. The van der Waals surface area contributed by atoms with Crippen LogP contribution < -0.4 is 9.47 Å². The molecule has 4 rings (SSSR count). The Hall–Kier alpha value is -4.17. The fourth-order valence-corrected chi connectivity index (χ4v) is 3.99. The average molecular weight is 503 g/mol. The summed E-state index contributed by atoms with van der Waals surface area (Å²) in [4.78, 5) is 17.9. The number of hydrogen-bond acceptors (Lipinski definition) is 5. The van der Waals surface area contributed by atoms with Crippen LogP contribution in [0.25, 0.3) is 16.9 Å². The molecule has 0 radical (unpaired) electrons. The molecule has 192 valence electrons. The molecule has 0 spiro atoms. The van der Waals surface area contributed by atoms with Crippen LogP contribution in [0.4, 0.5) is 4.39 Å². The first-order valence-corrected chi connectivity index (χ1v) is 12.0. The van der Waals surface area contributed by atoms with Crippen LogP contribution >= 0.6 is 0 Å². The van der Waals surface area contributed by atoms with E-state index in [4.69, 9.17) is 14.6 Å². The summed E-state index contributed by atoms with van der Waals surface area (Å²) in [5.74, 6) is 0.669. The summed E-state index contributed by atoms with van der Waals surface area (Å²) in [7, 11) is 7.11. The summed E-state index contributed by atoms with van der Waals surface area (Å²) in [6.07, 6.45) is 0. The van der Waals surface area contributed by atoms with Crippen molar-refractivity contribution in [3.8, 4) is 28.4 Å². The van der Waals surface area contributed by atoms with Crippen molar-refractivity contribution in [1.82, 2.24) is 19.6 Å². The van der Waals surface area contributed by atoms with E-state index in [2.05, 4.69) is 0 Å². The second-order valence-electron chi connectivity index (χ2n) is 8.88. The summed E-state index contributed by atoms with van der Waals surface area (Å²) in [6.45, 7) is 1.67. The van der Waals surface area contributed by atoms with Crippen LogP contribution in [0.15, 0.2) is 78.9 Å². The number of methoxy groups -OCH3 is 2. The molecule has 0 bridgehead atoms. The predicted molar refractivity (Wildman–Crippen MR) is 142 cm³/mol. The van der Waals surface area contributed by atoms with Gasteiger partial charge in [0.25, 0.3) is 5.91 Å². The monoisotopic (exact) mass is 502 g/mol. The summed E-state index contributed by atoms with van der Waals surface area (Å²) >= 11 is 0. The van der Waals surface area contributed by atoms with Gasteiger partial charge in [-0.1, -0.05) is 30.3 Å². The van der Waals surface area contributed by atoms with Gasteiger partial charge in [-0.15, -0.1) is 0 Å². The number of nitrogens with zero attached hydrogens (tertiary/aromatic N) is 4. The lowest BCUT2D eigenvalue weighted by atomic mass is 10.1. The molecule has 0 aliphatic carbocycles. The quantitative estimate of drug-likeness (QED) is 0.309. The standard InChI is InChI=1S/C29H31FN4O3/c1-32(2)16-17-33(20-21-8-6-5-7-9-21)29(35)27-19-26(25-15-14-24(36-3)18-28(25)37-4)31-34(27)23-12-10-22(30)11-13-23/h5-15,18-19H,16-17,20H2,1-4H3. The molecule has 1 amide bonds. The fraction of sp³-hybridized carbons (Fsp3) is 0.241. The first-order valence-electron chi connectivity index (χ1n) is 12.0. The van der Waals surface area contributed by atoms with Crippen LogP contribution in [0, 0.1) is 5.82 Å². The number of amides is 1. The predicted octanol–water partition coefficient (Wildman–Crippen LogP) is 4.90. The van der Waals surface area contributed by atoms with E-state index in [1.165, 1.54) is 12.1 Å². The maximum absolute atomic E-state index is 14.0. The molecular weight excluding hydrogens is 471 g/mol. The topological polar surface area (TPSA) is 59.8 Å². The maximum atomic E-state index is 14.0. The van der Waals surface area contributed by atoms with Crippen molar-refractivity contribution in [1.29, 1.82) is 0 Å². The van der Waals surface area contributed by atoms with Gasteiger partial charge in [-0.05, 0) is 62.1 Å². The van der Waals surface area contributed by atoms with Gasteiger partial charge < -0.3 is 19.3 Å². The zero-order valence-electron chi connectivity index (χ0n) is 21.5. The Morgan fingerprint density at radius 2 is 1.65 bits per heavy atom. The van der Waals surface area contributed by atoms with Gasteiger partial charge in [-0.2, -0.15) is 5.10 Å². The lowest BCUT2D eigenvalue weighted by molar-refractivity contribution is 0.0722. The van der Waals surface area contributed by atoms with Gasteiger partial charge in [0, 0.05) is 31.3 Å². The molecule has 0 aliphatic heterocycles. The Labute approximate surface area is 216 Å². The summed E-state index contributed by atoms with van der Waals surface area (Å²) in [5.41, 5.74) is 3.24. The Morgan fingerprint density at radius 3 is 2.30 bits per heavy atom. The molecule has 1 heterocycles. The minimum Gasteiger partial charge on any atom is -0.497 e. The van der Waals surface area contributed by atoms with Crippen molar-refractivity contribution in [2.24, 2.45) is 0 Å². The Bertz CT molecular complexity index is 1340. The SMILES string of the molecule is COc1ccc(-c2cc(C(=O)N(CCN(C)C)Cc3ccccc3)n(-c3ccc(F)cc3)n2)c(OC)c1. The molecule has 0 aliphatic rings. The van der Waals surface area contributed by atoms with E-state index in [9.17, 15) is 9.18 Å².